The van der Waals surface area contributed by atoms with Crippen LogP contribution in [0.25, 0.3) is 0 Å². The van der Waals surface area contributed by atoms with E-state index in [-0.39, 0.29) is 12.6 Å². The van der Waals surface area contributed by atoms with Crippen molar-refractivity contribution in [3.63, 3.8) is 0 Å². The highest BCUT2D eigenvalue weighted by molar-refractivity contribution is 6.40. The van der Waals surface area contributed by atoms with Crippen LogP contribution < -0.4 is 10.6 Å². The van der Waals surface area contributed by atoms with Crippen molar-refractivity contribution >= 4 is 29.1 Å². The number of aryl methyl sites for hydroxylation is 1. The average molecular weight is 299 g/mol. The van der Waals surface area contributed by atoms with Crippen LogP contribution in [0.2, 0.25) is 5.02 Å². The Labute approximate surface area is 123 Å². The topological polar surface area (TPSA) is 78.4 Å². The highest BCUT2D eigenvalue weighted by Gasteiger charge is 2.18. The van der Waals surface area contributed by atoms with Gasteiger partial charge in [-0.1, -0.05) is 24.6 Å². The fourth-order valence-corrected chi connectivity index (χ4v) is 1.87. The van der Waals surface area contributed by atoms with Crippen molar-refractivity contribution in [2.45, 2.75) is 32.7 Å². The number of aliphatic hydroxyl groups is 1. The van der Waals surface area contributed by atoms with Gasteiger partial charge in [0.05, 0.1) is 0 Å². The van der Waals surface area contributed by atoms with E-state index in [1.165, 1.54) is 0 Å². The molecule has 1 atom stereocenters. The third-order valence-corrected chi connectivity index (χ3v) is 3.19. The van der Waals surface area contributed by atoms with Gasteiger partial charge >= 0.3 is 11.8 Å². The number of amides is 2. The molecule has 0 bridgehead atoms. The predicted octanol–water partition coefficient (Wildman–Crippen LogP) is 1.86. The van der Waals surface area contributed by atoms with Crippen molar-refractivity contribution in [2.24, 2.45) is 0 Å². The lowest BCUT2D eigenvalue weighted by atomic mass is 10.1. The molecule has 110 valence electrons. The van der Waals surface area contributed by atoms with E-state index < -0.39 is 11.8 Å². The molecule has 6 heteroatoms. The lowest BCUT2D eigenvalue weighted by Crippen LogP contribution is -2.42. The maximum Gasteiger partial charge on any atom is 0.313 e. The Morgan fingerprint density at radius 1 is 1.35 bits per heavy atom. The van der Waals surface area contributed by atoms with Crippen molar-refractivity contribution in [1.29, 1.82) is 0 Å². The van der Waals surface area contributed by atoms with Crippen molar-refractivity contribution < 1.29 is 14.7 Å². The molecule has 1 rings (SSSR count). The minimum Gasteiger partial charge on any atom is -0.396 e. The van der Waals surface area contributed by atoms with Crippen molar-refractivity contribution in [1.82, 2.24) is 5.32 Å². The summed E-state index contributed by atoms with van der Waals surface area (Å²) in [6, 6.07) is 4.85. The van der Waals surface area contributed by atoms with E-state index in [1.54, 1.807) is 18.2 Å². The molecule has 20 heavy (non-hydrogen) atoms. The van der Waals surface area contributed by atoms with Crippen LogP contribution in [0, 0.1) is 6.92 Å². The Balaban J connectivity index is 2.66. The molecule has 0 fully saturated rings. The second kappa shape index (κ2) is 7.87. The van der Waals surface area contributed by atoms with Crippen LogP contribution in [-0.2, 0) is 9.59 Å². The summed E-state index contributed by atoms with van der Waals surface area (Å²) in [5.41, 5.74) is 1.32. The van der Waals surface area contributed by atoms with E-state index in [4.69, 9.17) is 16.7 Å². The summed E-state index contributed by atoms with van der Waals surface area (Å²) >= 11 is 5.85. The van der Waals surface area contributed by atoms with Crippen LogP contribution in [0.5, 0.6) is 0 Å². The number of anilines is 1. The lowest BCUT2D eigenvalue weighted by molar-refractivity contribution is -0.136. The summed E-state index contributed by atoms with van der Waals surface area (Å²) in [5, 5.41) is 14.4. The number of aliphatic hydroxyl groups excluding tert-OH is 1. The number of carbonyl (C=O) groups excluding carboxylic acids is 2. The zero-order valence-electron chi connectivity index (χ0n) is 11.6. The maximum absolute atomic E-state index is 11.8. The van der Waals surface area contributed by atoms with Gasteiger partial charge < -0.3 is 15.7 Å². The molecular weight excluding hydrogens is 280 g/mol. The van der Waals surface area contributed by atoms with Crippen molar-refractivity contribution in [2.75, 3.05) is 11.9 Å². The SMILES string of the molecule is CCC(CCO)NC(=O)C(=O)Nc1cc(Cl)ccc1C. The highest BCUT2D eigenvalue weighted by Crippen LogP contribution is 2.19. The van der Waals surface area contributed by atoms with Crippen LogP contribution in [-0.4, -0.2) is 29.6 Å². The fourth-order valence-electron chi connectivity index (χ4n) is 1.69. The fraction of sp³-hybridized carbons (Fsp3) is 0.429. The van der Waals surface area contributed by atoms with E-state index in [0.29, 0.717) is 23.6 Å². The summed E-state index contributed by atoms with van der Waals surface area (Å²) in [7, 11) is 0. The zero-order valence-corrected chi connectivity index (χ0v) is 12.3. The Kier molecular flexibility index (Phi) is 6.48. The first-order chi connectivity index (χ1) is 9.47. The zero-order chi connectivity index (χ0) is 15.1. The molecule has 2 amide bonds. The molecule has 0 heterocycles. The number of benzene rings is 1. The summed E-state index contributed by atoms with van der Waals surface area (Å²) in [4.78, 5) is 23.6. The minimum absolute atomic E-state index is 0.0339. The quantitative estimate of drug-likeness (QED) is 0.726. The van der Waals surface area contributed by atoms with E-state index in [1.807, 2.05) is 13.8 Å². The number of hydrogen-bond acceptors (Lipinski definition) is 3. The largest absolute Gasteiger partial charge is 0.396 e. The van der Waals surface area contributed by atoms with Crippen molar-refractivity contribution in [3.05, 3.63) is 28.8 Å². The van der Waals surface area contributed by atoms with Gasteiger partial charge in [0.25, 0.3) is 0 Å². The van der Waals surface area contributed by atoms with E-state index in [0.717, 1.165) is 5.56 Å². The predicted molar refractivity (Wildman–Crippen MR) is 78.7 cm³/mol. The lowest BCUT2D eigenvalue weighted by Gasteiger charge is -2.15. The summed E-state index contributed by atoms with van der Waals surface area (Å²) in [6.07, 6.45) is 1.07. The molecule has 0 aliphatic heterocycles. The van der Waals surface area contributed by atoms with Crippen LogP contribution in [0.4, 0.5) is 5.69 Å². The molecule has 0 saturated carbocycles. The monoisotopic (exact) mass is 298 g/mol. The minimum atomic E-state index is -0.744. The van der Waals surface area contributed by atoms with E-state index in [9.17, 15) is 9.59 Å². The molecule has 0 radical (unpaired) electrons. The molecule has 3 N–H and O–H groups in total. The van der Waals surface area contributed by atoms with Crippen LogP contribution in [0.15, 0.2) is 18.2 Å². The first-order valence-electron chi connectivity index (χ1n) is 6.46. The molecule has 1 aromatic carbocycles. The maximum atomic E-state index is 11.8. The number of nitrogens with one attached hydrogen (secondary N) is 2. The standard InChI is InChI=1S/C14H19ClN2O3/c1-3-11(6-7-18)16-13(19)14(20)17-12-8-10(15)5-4-9(12)2/h4-5,8,11,18H,3,6-7H2,1-2H3,(H,16,19)(H,17,20). The molecular formula is C14H19ClN2O3. The number of halogens is 1. The Morgan fingerprint density at radius 2 is 2.05 bits per heavy atom. The van der Waals surface area contributed by atoms with E-state index in [2.05, 4.69) is 10.6 Å². The molecule has 0 spiro atoms. The molecule has 0 aliphatic carbocycles. The molecule has 0 aromatic heterocycles. The molecule has 1 aromatic rings. The molecule has 1 unspecified atom stereocenters. The summed E-state index contributed by atoms with van der Waals surface area (Å²) in [5.74, 6) is -1.46. The average Bonchev–Trinajstić information content (AvgIpc) is 2.42. The van der Waals surface area contributed by atoms with Gasteiger partial charge in [0.2, 0.25) is 0 Å². The Bertz CT molecular complexity index is 491. The summed E-state index contributed by atoms with van der Waals surface area (Å²) < 4.78 is 0. The second-order valence-corrected chi connectivity index (χ2v) is 4.94. The van der Waals surface area contributed by atoms with Crippen molar-refractivity contribution in [3.8, 4) is 0 Å². The third-order valence-electron chi connectivity index (χ3n) is 2.96. The van der Waals surface area contributed by atoms with E-state index >= 15 is 0 Å². The first kappa shape index (κ1) is 16.5. The van der Waals surface area contributed by atoms with Gasteiger partial charge in [0.1, 0.15) is 0 Å². The Morgan fingerprint density at radius 3 is 2.65 bits per heavy atom. The highest BCUT2D eigenvalue weighted by atomic mass is 35.5. The van der Waals surface area contributed by atoms with Crippen LogP contribution >= 0.6 is 11.6 Å². The normalized spacial score (nSPS) is 11.8. The van der Waals surface area contributed by atoms with Gasteiger partial charge in [-0.2, -0.15) is 0 Å². The molecule has 0 aliphatic rings. The van der Waals surface area contributed by atoms with Gasteiger partial charge in [-0.15, -0.1) is 0 Å². The number of hydrogen-bond donors (Lipinski definition) is 3. The number of carbonyl (C=O) groups is 2. The van der Waals surface area contributed by atoms with Crippen LogP contribution in [0.1, 0.15) is 25.3 Å². The van der Waals surface area contributed by atoms with Gasteiger partial charge in [0.15, 0.2) is 0 Å². The summed E-state index contributed by atoms with van der Waals surface area (Å²) in [6.45, 7) is 3.65. The van der Waals surface area contributed by atoms with Gasteiger partial charge in [-0.05, 0) is 37.5 Å². The smallest absolute Gasteiger partial charge is 0.313 e. The Hall–Kier alpha value is -1.59. The first-order valence-corrected chi connectivity index (χ1v) is 6.84. The third kappa shape index (κ3) is 4.83. The number of rotatable bonds is 5. The second-order valence-electron chi connectivity index (χ2n) is 4.50. The van der Waals surface area contributed by atoms with Gasteiger partial charge in [-0.3, -0.25) is 9.59 Å². The van der Waals surface area contributed by atoms with Gasteiger partial charge in [-0.25, -0.2) is 0 Å². The van der Waals surface area contributed by atoms with Crippen LogP contribution in [0.3, 0.4) is 0 Å². The molecule has 5 nitrogen and oxygen atoms in total. The molecule has 0 saturated heterocycles. The van der Waals surface area contributed by atoms with Gasteiger partial charge in [0, 0.05) is 23.4 Å².